The van der Waals surface area contributed by atoms with Crippen molar-refractivity contribution in [2.24, 2.45) is 0 Å². The molecular weight excluding hydrogens is 316 g/mol. The van der Waals surface area contributed by atoms with Crippen LogP contribution in [-0.4, -0.2) is 6.61 Å². The van der Waals surface area contributed by atoms with Crippen LogP contribution in [0.15, 0.2) is 40.9 Å². The molecule has 0 aliphatic carbocycles. The van der Waals surface area contributed by atoms with Crippen molar-refractivity contribution in [3.63, 3.8) is 0 Å². The molecule has 0 amide bonds. The number of hydrogen-bond acceptors (Lipinski definition) is 3. The van der Waals surface area contributed by atoms with Gasteiger partial charge in [-0.25, -0.2) is 0 Å². The van der Waals surface area contributed by atoms with Crippen molar-refractivity contribution in [1.82, 2.24) is 0 Å². The molecule has 106 valence electrons. The van der Waals surface area contributed by atoms with Gasteiger partial charge in [-0.15, -0.1) is 0 Å². The Morgan fingerprint density at radius 2 is 1.95 bits per heavy atom. The second-order valence-electron chi connectivity index (χ2n) is 4.73. The number of nitrogens with one attached hydrogen (secondary N) is 1. The minimum Gasteiger partial charge on any atom is -0.493 e. The van der Waals surface area contributed by atoms with E-state index >= 15 is 0 Å². The third-order valence-electron chi connectivity index (χ3n) is 2.85. The Morgan fingerprint density at radius 3 is 2.65 bits per heavy atom. The zero-order valence-electron chi connectivity index (χ0n) is 11.7. The second kappa shape index (κ2) is 6.66. The zero-order valence-corrected chi connectivity index (χ0v) is 13.3. The molecule has 20 heavy (non-hydrogen) atoms. The van der Waals surface area contributed by atoms with E-state index in [2.05, 4.69) is 41.2 Å². The molecule has 3 N–H and O–H groups in total. The molecule has 0 saturated carbocycles. The van der Waals surface area contributed by atoms with Crippen molar-refractivity contribution in [2.45, 2.75) is 20.3 Å². The molecule has 0 unspecified atom stereocenters. The minimum absolute atomic E-state index is 0.690. The smallest absolute Gasteiger partial charge is 0.123 e. The summed E-state index contributed by atoms with van der Waals surface area (Å²) in [6.07, 6.45) is 0.976. The van der Waals surface area contributed by atoms with E-state index in [0.717, 1.165) is 28.0 Å². The van der Waals surface area contributed by atoms with Crippen molar-refractivity contribution in [2.75, 3.05) is 17.7 Å². The quantitative estimate of drug-likeness (QED) is 0.766. The van der Waals surface area contributed by atoms with Gasteiger partial charge in [0.1, 0.15) is 5.75 Å². The van der Waals surface area contributed by atoms with E-state index in [0.29, 0.717) is 12.3 Å². The second-order valence-corrected chi connectivity index (χ2v) is 5.58. The average molecular weight is 335 g/mol. The van der Waals surface area contributed by atoms with Crippen LogP contribution < -0.4 is 15.8 Å². The van der Waals surface area contributed by atoms with Crippen molar-refractivity contribution < 1.29 is 4.74 Å². The van der Waals surface area contributed by atoms with Crippen molar-refractivity contribution in [3.8, 4) is 5.75 Å². The summed E-state index contributed by atoms with van der Waals surface area (Å²) in [5.41, 5.74) is 9.74. The molecule has 4 heteroatoms. The Balaban J connectivity index is 2.19. The monoisotopic (exact) mass is 334 g/mol. The van der Waals surface area contributed by atoms with Crippen LogP contribution in [0.5, 0.6) is 5.75 Å². The number of hydrogen-bond donors (Lipinski definition) is 2. The first-order valence-electron chi connectivity index (χ1n) is 6.65. The lowest BCUT2D eigenvalue weighted by molar-refractivity contribution is 0.318. The average Bonchev–Trinajstić information content (AvgIpc) is 2.40. The third kappa shape index (κ3) is 3.90. The van der Waals surface area contributed by atoms with E-state index in [4.69, 9.17) is 10.5 Å². The number of anilines is 3. The lowest BCUT2D eigenvalue weighted by atomic mass is 10.2. The van der Waals surface area contributed by atoms with Crippen LogP contribution in [0.25, 0.3) is 0 Å². The first-order valence-corrected chi connectivity index (χ1v) is 7.44. The predicted molar refractivity (Wildman–Crippen MR) is 88.8 cm³/mol. The van der Waals surface area contributed by atoms with Gasteiger partial charge >= 0.3 is 0 Å². The summed E-state index contributed by atoms with van der Waals surface area (Å²) in [6.45, 7) is 4.83. The Bertz CT molecular complexity index is 599. The molecule has 2 aromatic carbocycles. The van der Waals surface area contributed by atoms with Gasteiger partial charge in [0.25, 0.3) is 0 Å². The number of halogens is 1. The summed E-state index contributed by atoms with van der Waals surface area (Å²) in [7, 11) is 0. The first kappa shape index (κ1) is 14.7. The number of rotatable bonds is 5. The molecule has 2 aromatic rings. The molecule has 0 bridgehead atoms. The molecule has 0 radical (unpaired) electrons. The topological polar surface area (TPSA) is 47.3 Å². The van der Waals surface area contributed by atoms with E-state index in [1.54, 1.807) is 0 Å². The number of ether oxygens (including phenoxy) is 1. The maximum absolute atomic E-state index is 5.91. The molecule has 0 saturated heterocycles. The van der Waals surface area contributed by atoms with Gasteiger partial charge in [0, 0.05) is 33.7 Å². The van der Waals surface area contributed by atoms with Gasteiger partial charge in [0.2, 0.25) is 0 Å². The molecule has 0 atom stereocenters. The predicted octanol–water partition coefficient (Wildman–Crippen LogP) is 4.87. The maximum atomic E-state index is 5.91. The van der Waals surface area contributed by atoms with Gasteiger partial charge in [-0.05, 0) is 43.2 Å². The van der Waals surface area contributed by atoms with Crippen molar-refractivity contribution in [1.29, 1.82) is 0 Å². The molecule has 0 heterocycles. The minimum atomic E-state index is 0.690. The van der Waals surface area contributed by atoms with Crippen LogP contribution in [0.2, 0.25) is 0 Å². The number of aryl methyl sites for hydroxylation is 1. The molecule has 0 aromatic heterocycles. The summed E-state index contributed by atoms with van der Waals surface area (Å²) in [5.74, 6) is 0.795. The summed E-state index contributed by atoms with van der Waals surface area (Å²) < 4.78 is 6.73. The molecule has 0 fully saturated rings. The highest BCUT2D eigenvalue weighted by molar-refractivity contribution is 9.10. The van der Waals surface area contributed by atoms with Gasteiger partial charge in [0.05, 0.1) is 6.61 Å². The van der Waals surface area contributed by atoms with Gasteiger partial charge in [-0.3, -0.25) is 0 Å². The van der Waals surface area contributed by atoms with Crippen molar-refractivity contribution >= 4 is 33.0 Å². The Hall–Kier alpha value is -1.68. The van der Waals surface area contributed by atoms with E-state index in [1.165, 1.54) is 5.56 Å². The zero-order chi connectivity index (χ0) is 14.5. The van der Waals surface area contributed by atoms with Crippen LogP contribution in [-0.2, 0) is 0 Å². The molecule has 2 rings (SSSR count). The van der Waals surface area contributed by atoms with E-state index in [-0.39, 0.29) is 0 Å². The van der Waals surface area contributed by atoms with Crippen LogP contribution in [0.4, 0.5) is 17.1 Å². The van der Waals surface area contributed by atoms with Crippen molar-refractivity contribution in [3.05, 3.63) is 46.4 Å². The first-order chi connectivity index (χ1) is 9.58. The molecule has 3 nitrogen and oxygen atoms in total. The van der Waals surface area contributed by atoms with Crippen LogP contribution in [0.1, 0.15) is 18.9 Å². The normalized spacial score (nSPS) is 10.3. The lowest BCUT2D eigenvalue weighted by Crippen LogP contribution is -1.98. The van der Waals surface area contributed by atoms with Crippen LogP contribution in [0, 0.1) is 6.92 Å². The number of benzene rings is 2. The Morgan fingerprint density at radius 1 is 1.15 bits per heavy atom. The highest BCUT2D eigenvalue weighted by Gasteiger charge is 2.02. The number of nitrogen functional groups attached to an aromatic ring is 1. The van der Waals surface area contributed by atoms with E-state index in [9.17, 15) is 0 Å². The SMILES string of the molecule is CCCOc1cc(N)cc(Nc2ccc(Br)c(C)c2)c1. The van der Waals surface area contributed by atoms with Gasteiger partial charge in [-0.1, -0.05) is 22.9 Å². The van der Waals surface area contributed by atoms with Crippen LogP contribution >= 0.6 is 15.9 Å². The third-order valence-corrected chi connectivity index (χ3v) is 3.74. The van der Waals surface area contributed by atoms with Gasteiger partial charge < -0.3 is 15.8 Å². The molecule has 0 spiro atoms. The molecular formula is C16H19BrN2O. The van der Waals surface area contributed by atoms with E-state index in [1.807, 2.05) is 30.3 Å². The summed E-state index contributed by atoms with van der Waals surface area (Å²) >= 11 is 3.50. The highest BCUT2D eigenvalue weighted by Crippen LogP contribution is 2.27. The van der Waals surface area contributed by atoms with E-state index < -0.39 is 0 Å². The van der Waals surface area contributed by atoms with Crippen LogP contribution in [0.3, 0.4) is 0 Å². The lowest BCUT2D eigenvalue weighted by Gasteiger charge is -2.12. The fourth-order valence-electron chi connectivity index (χ4n) is 1.89. The summed E-state index contributed by atoms with van der Waals surface area (Å²) in [4.78, 5) is 0. The summed E-state index contributed by atoms with van der Waals surface area (Å²) in [5, 5.41) is 3.35. The largest absolute Gasteiger partial charge is 0.493 e. The molecule has 0 aliphatic heterocycles. The molecule has 0 aliphatic rings. The Labute approximate surface area is 128 Å². The standard InChI is InChI=1S/C16H19BrN2O/c1-3-6-20-15-9-12(18)8-14(10-15)19-13-4-5-16(17)11(2)7-13/h4-5,7-10,19H,3,6,18H2,1-2H3. The maximum Gasteiger partial charge on any atom is 0.123 e. The number of nitrogens with two attached hydrogens (primary N) is 1. The Kier molecular flexibility index (Phi) is 4.90. The highest BCUT2D eigenvalue weighted by atomic mass is 79.9. The van der Waals surface area contributed by atoms with Gasteiger partial charge in [0.15, 0.2) is 0 Å². The summed E-state index contributed by atoms with van der Waals surface area (Å²) in [6, 6.07) is 11.8. The van der Waals surface area contributed by atoms with Gasteiger partial charge in [-0.2, -0.15) is 0 Å². The fourth-order valence-corrected chi connectivity index (χ4v) is 2.13. The fraction of sp³-hybridized carbons (Fsp3) is 0.250.